The van der Waals surface area contributed by atoms with Crippen molar-refractivity contribution in [3.63, 3.8) is 0 Å². The van der Waals surface area contributed by atoms with Crippen LogP contribution in [0.4, 0.5) is 5.82 Å². The lowest BCUT2D eigenvalue weighted by Gasteiger charge is -2.34. The normalized spacial score (nSPS) is 18.4. The van der Waals surface area contributed by atoms with Gasteiger partial charge >= 0.3 is 0 Å². The summed E-state index contributed by atoms with van der Waals surface area (Å²) in [4.78, 5) is 31.3. The van der Waals surface area contributed by atoms with Crippen LogP contribution in [-0.4, -0.2) is 62.9 Å². The largest absolute Gasteiger partial charge is 0.304 e. The number of rotatable bonds is 5. The molecule has 0 bridgehead atoms. The Morgan fingerprint density at radius 3 is 2.71 bits per heavy atom. The van der Waals surface area contributed by atoms with Crippen molar-refractivity contribution >= 4 is 33.4 Å². The molecule has 0 aromatic carbocycles. The van der Waals surface area contributed by atoms with E-state index in [4.69, 9.17) is 0 Å². The van der Waals surface area contributed by atoms with Crippen LogP contribution in [0.5, 0.6) is 0 Å². The van der Waals surface area contributed by atoms with Crippen molar-refractivity contribution in [3.05, 3.63) is 47.2 Å². The number of pyridine rings is 2. The molecule has 0 spiro atoms. The first-order valence-electron chi connectivity index (χ1n) is 9.69. The lowest BCUT2D eigenvalue weighted by molar-refractivity contribution is 0.102. The third-order valence-corrected chi connectivity index (χ3v) is 6.28. The van der Waals surface area contributed by atoms with E-state index in [1.54, 1.807) is 6.20 Å². The van der Waals surface area contributed by atoms with E-state index in [9.17, 15) is 4.79 Å². The van der Waals surface area contributed by atoms with Gasteiger partial charge in [-0.25, -0.2) is 15.0 Å². The Hall–Kier alpha value is -2.42. The van der Waals surface area contributed by atoms with Gasteiger partial charge in [-0.1, -0.05) is 17.4 Å². The molecular weight excluding hydrogens is 372 g/mol. The van der Waals surface area contributed by atoms with E-state index in [1.807, 2.05) is 30.5 Å². The molecule has 0 radical (unpaired) electrons. The highest BCUT2D eigenvalue weighted by molar-refractivity contribution is 7.20. The summed E-state index contributed by atoms with van der Waals surface area (Å²) in [5.41, 5.74) is 1.91. The van der Waals surface area contributed by atoms with Crippen LogP contribution in [0.25, 0.3) is 10.3 Å². The first-order chi connectivity index (χ1) is 13.7. The summed E-state index contributed by atoms with van der Waals surface area (Å²) in [6, 6.07) is 8.43. The number of carbonyl (C=O) groups excluding carboxylic acids is 1. The molecule has 1 aliphatic heterocycles. The van der Waals surface area contributed by atoms with Crippen LogP contribution in [0, 0.1) is 0 Å². The second kappa shape index (κ2) is 7.54. The molecule has 0 unspecified atom stereocenters. The van der Waals surface area contributed by atoms with Crippen LogP contribution < -0.4 is 5.32 Å². The van der Waals surface area contributed by atoms with Crippen LogP contribution in [-0.2, 0) is 6.54 Å². The maximum atomic E-state index is 12.4. The minimum absolute atomic E-state index is 0.251. The van der Waals surface area contributed by atoms with Crippen molar-refractivity contribution in [3.8, 4) is 0 Å². The monoisotopic (exact) mass is 394 g/mol. The third kappa shape index (κ3) is 3.89. The summed E-state index contributed by atoms with van der Waals surface area (Å²) < 4.78 is 0. The van der Waals surface area contributed by atoms with Gasteiger partial charge in [0.2, 0.25) is 0 Å². The molecular formula is C20H22N6OS. The number of fused-ring (bicyclic) bond motifs is 1. The van der Waals surface area contributed by atoms with Crippen molar-refractivity contribution < 1.29 is 4.79 Å². The number of amides is 1. The van der Waals surface area contributed by atoms with Crippen LogP contribution in [0.2, 0.25) is 0 Å². The van der Waals surface area contributed by atoms with Crippen LogP contribution in [0.15, 0.2) is 36.7 Å². The topological polar surface area (TPSA) is 74.2 Å². The minimum atomic E-state index is -0.251. The Morgan fingerprint density at radius 2 is 2.00 bits per heavy atom. The van der Waals surface area contributed by atoms with Crippen molar-refractivity contribution in [2.75, 3.05) is 31.5 Å². The third-order valence-electron chi connectivity index (χ3n) is 5.30. The van der Waals surface area contributed by atoms with E-state index >= 15 is 0 Å². The Morgan fingerprint density at radius 1 is 1.14 bits per heavy atom. The average Bonchev–Trinajstić information content (AvgIpc) is 3.48. The summed E-state index contributed by atoms with van der Waals surface area (Å²) in [6.45, 7) is 5.47. The van der Waals surface area contributed by atoms with E-state index in [-0.39, 0.29) is 5.91 Å². The summed E-state index contributed by atoms with van der Waals surface area (Å²) in [7, 11) is 0. The van der Waals surface area contributed by atoms with Crippen LogP contribution in [0.3, 0.4) is 0 Å². The zero-order valence-electron chi connectivity index (χ0n) is 15.5. The second-order valence-corrected chi connectivity index (χ2v) is 8.37. The summed E-state index contributed by atoms with van der Waals surface area (Å²) >= 11 is 1.28. The summed E-state index contributed by atoms with van der Waals surface area (Å²) in [6.07, 6.45) is 6.31. The molecule has 3 aromatic rings. The first kappa shape index (κ1) is 17.7. The molecule has 4 heterocycles. The maximum absolute atomic E-state index is 12.4. The predicted octanol–water partition coefficient (Wildman–Crippen LogP) is 2.62. The van der Waals surface area contributed by atoms with E-state index in [1.165, 1.54) is 42.8 Å². The van der Waals surface area contributed by atoms with Gasteiger partial charge in [-0.05, 0) is 36.6 Å². The quantitative estimate of drug-likeness (QED) is 0.717. The minimum Gasteiger partial charge on any atom is -0.304 e. The van der Waals surface area contributed by atoms with Crippen LogP contribution in [0.1, 0.15) is 28.2 Å². The molecule has 144 valence electrons. The van der Waals surface area contributed by atoms with Gasteiger partial charge in [0, 0.05) is 51.2 Å². The predicted molar refractivity (Wildman–Crippen MR) is 109 cm³/mol. The highest BCUT2D eigenvalue weighted by Gasteiger charge is 2.31. The zero-order valence-corrected chi connectivity index (χ0v) is 16.4. The smallest absolute Gasteiger partial charge is 0.285 e. The van der Waals surface area contributed by atoms with E-state index in [2.05, 4.69) is 30.1 Å². The van der Waals surface area contributed by atoms with E-state index in [0.29, 0.717) is 10.8 Å². The number of hydrogen-bond acceptors (Lipinski definition) is 7. The van der Waals surface area contributed by atoms with Crippen molar-refractivity contribution in [1.29, 1.82) is 0 Å². The standard InChI is InChI=1S/C20H22N6OS/c27-18(20-23-16-2-1-7-21-19(16)28-20)24-17-6-3-14(12-22-17)13-25-8-10-26(11-9-25)15-4-5-15/h1-3,6-7,12,15H,4-5,8-11,13H2,(H,22,24,27). The first-order valence-corrected chi connectivity index (χ1v) is 10.5. The van der Waals surface area contributed by atoms with Gasteiger partial charge < -0.3 is 5.32 Å². The second-order valence-electron chi connectivity index (χ2n) is 7.40. The van der Waals surface area contributed by atoms with Crippen molar-refractivity contribution in [2.45, 2.75) is 25.4 Å². The molecule has 2 fully saturated rings. The Labute approximate surface area is 167 Å². The maximum Gasteiger partial charge on any atom is 0.285 e. The SMILES string of the molecule is O=C(Nc1ccc(CN2CCN(C3CC3)CC2)cn1)c1nc2cccnc2s1. The molecule has 1 aliphatic carbocycles. The van der Waals surface area contributed by atoms with Crippen molar-refractivity contribution in [1.82, 2.24) is 24.8 Å². The molecule has 28 heavy (non-hydrogen) atoms. The fraction of sp³-hybridized carbons (Fsp3) is 0.400. The highest BCUT2D eigenvalue weighted by Crippen LogP contribution is 2.27. The number of carbonyl (C=O) groups is 1. The van der Waals surface area contributed by atoms with Crippen LogP contribution >= 0.6 is 11.3 Å². The number of anilines is 1. The number of piperazine rings is 1. The number of thiazole rings is 1. The van der Waals surface area contributed by atoms with Gasteiger partial charge in [0.1, 0.15) is 16.2 Å². The van der Waals surface area contributed by atoms with Gasteiger partial charge in [-0.15, -0.1) is 0 Å². The Bertz CT molecular complexity index is 943. The zero-order chi connectivity index (χ0) is 18.9. The molecule has 5 rings (SSSR count). The summed E-state index contributed by atoms with van der Waals surface area (Å²) in [5, 5.41) is 3.22. The molecule has 1 saturated heterocycles. The molecule has 8 heteroatoms. The molecule has 2 aliphatic rings. The fourth-order valence-electron chi connectivity index (χ4n) is 3.61. The highest BCUT2D eigenvalue weighted by atomic mass is 32.1. The Balaban J connectivity index is 1.17. The van der Waals surface area contributed by atoms with Gasteiger partial charge in [0.05, 0.1) is 0 Å². The van der Waals surface area contributed by atoms with Gasteiger partial charge in [-0.2, -0.15) is 0 Å². The number of nitrogens with one attached hydrogen (secondary N) is 1. The number of nitrogens with zero attached hydrogens (tertiary/aromatic N) is 5. The lowest BCUT2D eigenvalue weighted by Crippen LogP contribution is -2.46. The lowest BCUT2D eigenvalue weighted by atomic mass is 10.2. The number of hydrogen-bond donors (Lipinski definition) is 1. The average molecular weight is 395 g/mol. The van der Waals surface area contributed by atoms with Gasteiger partial charge in [-0.3, -0.25) is 14.6 Å². The molecule has 7 nitrogen and oxygen atoms in total. The molecule has 1 N–H and O–H groups in total. The molecule has 1 amide bonds. The summed E-state index contributed by atoms with van der Waals surface area (Å²) in [5.74, 6) is 0.291. The van der Waals surface area contributed by atoms with Gasteiger partial charge in [0.25, 0.3) is 5.91 Å². The number of aromatic nitrogens is 3. The Kier molecular flexibility index (Phi) is 4.76. The fourth-order valence-corrected chi connectivity index (χ4v) is 4.42. The van der Waals surface area contributed by atoms with E-state index < -0.39 is 0 Å². The molecule has 0 atom stereocenters. The van der Waals surface area contributed by atoms with E-state index in [0.717, 1.165) is 36.0 Å². The molecule has 1 saturated carbocycles. The van der Waals surface area contributed by atoms with Gasteiger partial charge in [0.15, 0.2) is 5.01 Å². The molecule has 3 aromatic heterocycles. The van der Waals surface area contributed by atoms with Crippen molar-refractivity contribution in [2.24, 2.45) is 0 Å².